The Morgan fingerprint density at radius 3 is 2.33 bits per heavy atom. The number of ether oxygens (including phenoxy) is 5. The quantitative estimate of drug-likeness (QED) is 0.444. The topological polar surface area (TPSA) is 115 Å². The number of benzene rings is 2. The van der Waals surface area contributed by atoms with Gasteiger partial charge in [0, 0.05) is 26.8 Å². The molecule has 0 saturated heterocycles. The minimum atomic E-state index is -0.686. The van der Waals surface area contributed by atoms with Gasteiger partial charge in [-0.05, 0) is 17.7 Å². The van der Waals surface area contributed by atoms with Gasteiger partial charge in [0.1, 0.15) is 23.8 Å². The zero-order valence-electron chi connectivity index (χ0n) is 19.4. The molecule has 3 aromatic rings. The van der Waals surface area contributed by atoms with Crippen molar-refractivity contribution in [2.24, 2.45) is 0 Å². The Morgan fingerprint density at radius 2 is 1.73 bits per heavy atom. The third-order valence-corrected chi connectivity index (χ3v) is 4.99. The van der Waals surface area contributed by atoms with E-state index in [9.17, 15) is 9.90 Å². The van der Waals surface area contributed by atoms with Crippen LogP contribution >= 0.6 is 0 Å². The number of fused-ring (bicyclic) bond motifs is 1. The van der Waals surface area contributed by atoms with Crippen LogP contribution in [0.2, 0.25) is 0 Å². The number of aliphatic hydroxyl groups excluding tert-OH is 1. The molecule has 1 unspecified atom stereocenters. The van der Waals surface area contributed by atoms with Gasteiger partial charge >= 0.3 is 0 Å². The Kier molecular flexibility index (Phi) is 7.96. The highest BCUT2D eigenvalue weighted by atomic mass is 16.5. The summed E-state index contributed by atoms with van der Waals surface area (Å²) in [5, 5.41) is 9.97. The van der Waals surface area contributed by atoms with Crippen LogP contribution in [0, 0.1) is 0 Å². The van der Waals surface area contributed by atoms with Crippen molar-refractivity contribution in [3.05, 3.63) is 46.2 Å². The smallest absolute Gasteiger partial charge is 0.264 e. The number of anilines is 1. The van der Waals surface area contributed by atoms with Crippen molar-refractivity contribution in [1.82, 2.24) is 9.97 Å². The van der Waals surface area contributed by atoms with Gasteiger partial charge in [-0.25, -0.2) is 4.98 Å². The number of nitrogens with one attached hydrogen (secondary N) is 1. The van der Waals surface area contributed by atoms with Gasteiger partial charge in [0.15, 0.2) is 11.5 Å². The van der Waals surface area contributed by atoms with Crippen LogP contribution in [0.4, 0.5) is 5.95 Å². The summed E-state index contributed by atoms with van der Waals surface area (Å²) >= 11 is 0. The Morgan fingerprint density at radius 1 is 1.03 bits per heavy atom. The summed E-state index contributed by atoms with van der Waals surface area (Å²) in [4.78, 5) is 22.1. The first-order chi connectivity index (χ1) is 15.9. The lowest BCUT2D eigenvalue weighted by Gasteiger charge is -2.19. The van der Waals surface area contributed by atoms with E-state index in [0.717, 1.165) is 5.56 Å². The molecule has 2 aromatic carbocycles. The maximum absolute atomic E-state index is 12.9. The largest absolute Gasteiger partial charge is 0.493 e. The molecule has 2 N–H and O–H groups in total. The van der Waals surface area contributed by atoms with Crippen molar-refractivity contribution in [2.45, 2.75) is 12.6 Å². The van der Waals surface area contributed by atoms with Crippen molar-refractivity contribution in [3.8, 4) is 23.0 Å². The van der Waals surface area contributed by atoms with Crippen molar-refractivity contribution in [3.63, 3.8) is 0 Å². The molecular formula is C23H29N3O7. The lowest BCUT2D eigenvalue weighted by atomic mass is 10.2. The van der Waals surface area contributed by atoms with Crippen molar-refractivity contribution in [2.75, 3.05) is 53.6 Å². The van der Waals surface area contributed by atoms with Gasteiger partial charge in [-0.3, -0.25) is 9.78 Å². The highest BCUT2D eigenvalue weighted by Gasteiger charge is 2.20. The van der Waals surface area contributed by atoms with Crippen LogP contribution in [0.15, 0.2) is 35.1 Å². The number of aliphatic hydroxyl groups is 1. The SMILES string of the molecule is COCC(O)COc1ccc(CN(C)c2nc3cc(OC)c(OC)c(OC)c3c(=O)[nH]2)cc1. The van der Waals surface area contributed by atoms with E-state index >= 15 is 0 Å². The Bertz CT molecular complexity index is 1130. The van der Waals surface area contributed by atoms with Crippen LogP contribution in [0.5, 0.6) is 23.0 Å². The number of nitrogens with zero attached hydrogens (tertiary/aromatic N) is 2. The molecule has 1 aromatic heterocycles. The van der Waals surface area contributed by atoms with Gasteiger partial charge in [0.25, 0.3) is 5.56 Å². The maximum atomic E-state index is 12.9. The number of H-pyrrole nitrogens is 1. The number of aromatic nitrogens is 2. The summed E-state index contributed by atoms with van der Waals surface area (Å²) in [5.41, 5.74) is 1.06. The second kappa shape index (κ2) is 10.9. The summed E-state index contributed by atoms with van der Waals surface area (Å²) < 4.78 is 26.6. The monoisotopic (exact) mass is 459 g/mol. The van der Waals surface area contributed by atoms with E-state index in [1.165, 1.54) is 28.4 Å². The number of rotatable bonds is 11. The fourth-order valence-corrected chi connectivity index (χ4v) is 3.41. The van der Waals surface area contributed by atoms with Crippen molar-refractivity contribution >= 4 is 16.9 Å². The molecule has 10 heteroatoms. The minimum absolute atomic E-state index is 0.146. The average Bonchev–Trinajstić information content (AvgIpc) is 2.82. The molecule has 0 fully saturated rings. The predicted molar refractivity (Wildman–Crippen MR) is 124 cm³/mol. The summed E-state index contributed by atoms with van der Waals surface area (Å²) in [6.45, 7) is 0.850. The molecule has 0 aliphatic rings. The van der Waals surface area contributed by atoms with Crippen LogP contribution in [0.1, 0.15) is 5.56 Å². The molecule has 178 valence electrons. The first-order valence-corrected chi connectivity index (χ1v) is 10.2. The molecule has 1 atom stereocenters. The molecule has 0 aliphatic carbocycles. The van der Waals surface area contributed by atoms with E-state index in [2.05, 4.69) is 9.97 Å². The Balaban J connectivity index is 1.81. The van der Waals surface area contributed by atoms with E-state index < -0.39 is 6.10 Å². The van der Waals surface area contributed by atoms with E-state index in [0.29, 0.717) is 35.3 Å². The normalized spacial score (nSPS) is 11.8. The maximum Gasteiger partial charge on any atom is 0.264 e. The van der Waals surface area contributed by atoms with E-state index in [4.69, 9.17) is 23.7 Å². The van der Waals surface area contributed by atoms with Gasteiger partial charge < -0.3 is 33.7 Å². The lowest BCUT2D eigenvalue weighted by molar-refractivity contribution is 0.0325. The summed E-state index contributed by atoms with van der Waals surface area (Å²) in [5.74, 6) is 2.05. The highest BCUT2D eigenvalue weighted by Crippen LogP contribution is 2.41. The standard InChI is InChI=1S/C23H29N3O7/c1-26(11-14-6-8-16(9-7-14)33-13-15(27)12-29-2)23-24-17-10-18(30-3)20(31-4)21(32-5)19(17)22(28)25-23/h6-10,15,27H,11-13H2,1-5H3,(H,24,25,28). The average molecular weight is 459 g/mol. The van der Waals surface area contributed by atoms with Crippen LogP contribution in [-0.2, 0) is 11.3 Å². The molecule has 0 radical (unpaired) electrons. The third-order valence-electron chi connectivity index (χ3n) is 4.99. The second-order valence-electron chi connectivity index (χ2n) is 7.35. The van der Waals surface area contributed by atoms with E-state index in [-0.39, 0.29) is 29.9 Å². The number of hydrogen-bond acceptors (Lipinski definition) is 9. The number of hydrogen-bond donors (Lipinski definition) is 2. The first-order valence-electron chi connectivity index (χ1n) is 10.2. The van der Waals surface area contributed by atoms with Gasteiger partial charge in [0.2, 0.25) is 11.7 Å². The molecule has 0 saturated carbocycles. The zero-order valence-corrected chi connectivity index (χ0v) is 19.4. The molecule has 0 spiro atoms. The Hall–Kier alpha value is -3.50. The second-order valence-corrected chi connectivity index (χ2v) is 7.35. The summed E-state index contributed by atoms with van der Waals surface area (Å²) in [7, 11) is 7.80. The molecule has 33 heavy (non-hydrogen) atoms. The summed E-state index contributed by atoms with van der Waals surface area (Å²) in [6, 6.07) is 9.10. The minimum Gasteiger partial charge on any atom is -0.493 e. The van der Waals surface area contributed by atoms with Crippen LogP contribution in [0.25, 0.3) is 10.9 Å². The van der Waals surface area contributed by atoms with Gasteiger partial charge in [-0.2, -0.15) is 0 Å². The van der Waals surface area contributed by atoms with E-state index in [1.54, 1.807) is 6.07 Å². The molecular weight excluding hydrogens is 430 g/mol. The van der Waals surface area contributed by atoms with E-state index in [1.807, 2.05) is 36.2 Å². The molecule has 10 nitrogen and oxygen atoms in total. The van der Waals surface area contributed by atoms with Crippen molar-refractivity contribution in [1.29, 1.82) is 0 Å². The third kappa shape index (κ3) is 5.47. The fraction of sp³-hybridized carbons (Fsp3) is 0.391. The first kappa shape index (κ1) is 24.1. The zero-order chi connectivity index (χ0) is 24.0. The van der Waals surface area contributed by atoms with Crippen LogP contribution in [-0.4, -0.2) is 69.9 Å². The molecule has 0 bridgehead atoms. The molecule has 1 heterocycles. The lowest BCUT2D eigenvalue weighted by Crippen LogP contribution is -2.23. The number of methoxy groups -OCH3 is 4. The van der Waals surface area contributed by atoms with Crippen LogP contribution in [0.3, 0.4) is 0 Å². The van der Waals surface area contributed by atoms with Gasteiger partial charge in [-0.1, -0.05) is 12.1 Å². The summed E-state index contributed by atoms with van der Waals surface area (Å²) in [6.07, 6.45) is -0.686. The molecule has 0 amide bonds. The van der Waals surface area contributed by atoms with Crippen LogP contribution < -0.4 is 29.4 Å². The molecule has 3 rings (SSSR count). The van der Waals surface area contributed by atoms with Gasteiger partial charge in [-0.15, -0.1) is 0 Å². The molecule has 0 aliphatic heterocycles. The fourth-order valence-electron chi connectivity index (χ4n) is 3.41. The number of aromatic amines is 1. The highest BCUT2D eigenvalue weighted by molar-refractivity contribution is 5.90. The predicted octanol–water partition coefficient (Wildman–Crippen LogP) is 1.97. The Labute approximate surface area is 191 Å². The van der Waals surface area contributed by atoms with Gasteiger partial charge in [0.05, 0.1) is 33.5 Å². The van der Waals surface area contributed by atoms with Crippen molar-refractivity contribution < 1.29 is 28.8 Å².